The summed E-state index contributed by atoms with van der Waals surface area (Å²) in [6.07, 6.45) is 3.26. The van der Waals surface area contributed by atoms with Crippen LogP contribution < -0.4 is 5.32 Å². The molecule has 1 aliphatic carbocycles. The number of aromatic nitrogens is 2. The Bertz CT molecular complexity index is 393. The minimum atomic E-state index is -1.05. The number of carbonyl (C=O) groups is 1. The lowest BCUT2D eigenvalue weighted by Crippen LogP contribution is -2.28. The van der Waals surface area contributed by atoms with Crippen molar-refractivity contribution in [1.82, 2.24) is 10.2 Å². The summed E-state index contributed by atoms with van der Waals surface area (Å²) in [5.74, 6) is -0.745. The van der Waals surface area contributed by atoms with Crippen LogP contribution >= 0.6 is 11.6 Å². The van der Waals surface area contributed by atoms with Gasteiger partial charge >= 0.3 is 5.97 Å². The summed E-state index contributed by atoms with van der Waals surface area (Å²) in [7, 11) is 0. The molecule has 6 heteroatoms. The molecule has 1 aromatic rings. The normalized spacial score (nSPS) is 15.8. The number of hydrogen-bond acceptors (Lipinski definition) is 4. The molecule has 0 aliphatic heterocycles. The molecule has 2 N–H and O–H groups in total. The number of nitrogens with zero attached hydrogens (tertiary/aromatic N) is 2. The molecule has 1 heterocycles. The molecular weight excluding hydrogens is 218 g/mol. The molecule has 0 spiro atoms. The summed E-state index contributed by atoms with van der Waals surface area (Å²) in [4.78, 5) is 10.9. The van der Waals surface area contributed by atoms with Gasteiger partial charge in [-0.05, 0) is 25.3 Å². The largest absolute Gasteiger partial charge is 0.478 e. The molecule has 80 valence electrons. The van der Waals surface area contributed by atoms with E-state index < -0.39 is 5.97 Å². The third kappa shape index (κ3) is 2.18. The predicted molar refractivity (Wildman–Crippen MR) is 55.3 cm³/mol. The van der Waals surface area contributed by atoms with Crippen molar-refractivity contribution >= 4 is 23.4 Å². The lowest BCUT2D eigenvalue weighted by atomic mass is 9.93. The van der Waals surface area contributed by atoms with E-state index in [9.17, 15) is 4.79 Å². The molecule has 0 radical (unpaired) electrons. The van der Waals surface area contributed by atoms with Gasteiger partial charge in [0.25, 0.3) is 0 Å². The monoisotopic (exact) mass is 227 g/mol. The second-order valence-electron chi connectivity index (χ2n) is 3.51. The van der Waals surface area contributed by atoms with Crippen molar-refractivity contribution in [2.24, 2.45) is 0 Å². The lowest BCUT2D eigenvalue weighted by molar-refractivity contribution is 0.0697. The van der Waals surface area contributed by atoms with Crippen LogP contribution in [0.25, 0.3) is 0 Å². The van der Waals surface area contributed by atoms with E-state index in [1.54, 1.807) is 0 Å². The summed E-state index contributed by atoms with van der Waals surface area (Å²) >= 11 is 5.58. The van der Waals surface area contributed by atoms with Crippen LogP contribution in [0.15, 0.2) is 6.07 Å². The van der Waals surface area contributed by atoms with Crippen LogP contribution in [-0.2, 0) is 0 Å². The zero-order valence-corrected chi connectivity index (χ0v) is 8.66. The molecule has 1 aliphatic rings. The van der Waals surface area contributed by atoms with Gasteiger partial charge in [-0.2, -0.15) is 0 Å². The summed E-state index contributed by atoms with van der Waals surface area (Å²) in [6, 6.07) is 1.62. The molecular formula is C9H10ClN3O2. The number of halogens is 1. The van der Waals surface area contributed by atoms with Crippen LogP contribution in [0.1, 0.15) is 29.6 Å². The van der Waals surface area contributed by atoms with Crippen molar-refractivity contribution in [3.05, 3.63) is 16.8 Å². The van der Waals surface area contributed by atoms with E-state index >= 15 is 0 Å². The van der Waals surface area contributed by atoms with Gasteiger partial charge in [-0.1, -0.05) is 11.6 Å². The number of aromatic carboxylic acids is 1. The first-order valence-electron chi connectivity index (χ1n) is 4.70. The van der Waals surface area contributed by atoms with Crippen molar-refractivity contribution in [3.63, 3.8) is 0 Å². The number of nitrogens with one attached hydrogen (secondary N) is 1. The van der Waals surface area contributed by atoms with Gasteiger partial charge in [0.15, 0.2) is 11.0 Å². The van der Waals surface area contributed by atoms with E-state index in [0.717, 1.165) is 12.8 Å². The summed E-state index contributed by atoms with van der Waals surface area (Å²) < 4.78 is 0. The van der Waals surface area contributed by atoms with Gasteiger partial charge in [0.2, 0.25) is 0 Å². The predicted octanol–water partition coefficient (Wildman–Crippen LogP) is 1.79. The van der Waals surface area contributed by atoms with Crippen molar-refractivity contribution in [1.29, 1.82) is 0 Å². The molecule has 0 amide bonds. The number of anilines is 1. The third-order valence-corrected chi connectivity index (χ3v) is 2.63. The molecule has 1 aromatic heterocycles. The van der Waals surface area contributed by atoms with Crippen LogP contribution in [0.2, 0.25) is 5.15 Å². The highest BCUT2D eigenvalue weighted by Crippen LogP contribution is 2.24. The second kappa shape index (κ2) is 4.02. The van der Waals surface area contributed by atoms with E-state index in [4.69, 9.17) is 16.7 Å². The van der Waals surface area contributed by atoms with Gasteiger partial charge in [-0.15, -0.1) is 10.2 Å². The molecule has 2 rings (SSSR count). The Morgan fingerprint density at radius 3 is 2.80 bits per heavy atom. The Balaban J connectivity index is 2.23. The first kappa shape index (κ1) is 10.2. The van der Waals surface area contributed by atoms with Crippen LogP contribution in [0.4, 0.5) is 5.82 Å². The second-order valence-corrected chi connectivity index (χ2v) is 3.89. The fraction of sp³-hybridized carbons (Fsp3) is 0.444. The number of rotatable bonds is 3. The minimum Gasteiger partial charge on any atom is -0.478 e. The Labute approximate surface area is 91.5 Å². The van der Waals surface area contributed by atoms with Gasteiger partial charge in [0.1, 0.15) is 5.56 Å². The Morgan fingerprint density at radius 1 is 1.53 bits per heavy atom. The SMILES string of the molecule is O=C(O)c1cc(Cl)nnc1NC1CCC1. The van der Waals surface area contributed by atoms with Crippen LogP contribution in [0.3, 0.4) is 0 Å². The third-order valence-electron chi connectivity index (χ3n) is 2.44. The smallest absolute Gasteiger partial charge is 0.339 e. The summed E-state index contributed by atoms with van der Waals surface area (Å²) in [5.41, 5.74) is 0.0712. The number of hydrogen-bond donors (Lipinski definition) is 2. The van der Waals surface area contributed by atoms with Crippen LogP contribution in [0.5, 0.6) is 0 Å². The lowest BCUT2D eigenvalue weighted by Gasteiger charge is -2.27. The fourth-order valence-electron chi connectivity index (χ4n) is 1.38. The number of carboxylic acids is 1. The van der Waals surface area contributed by atoms with E-state index in [-0.39, 0.29) is 10.7 Å². The maximum absolute atomic E-state index is 10.9. The van der Waals surface area contributed by atoms with Crippen LogP contribution in [0, 0.1) is 0 Å². The standard InChI is InChI=1S/C9H10ClN3O2/c10-7-4-6(9(14)15)8(13-12-7)11-5-2-1-3-5/h4-5H,1-3H2,(H,11,13)(H,14,15). The number of carboxylic acid groups (broad SMARTS) is 1. The molecule has 0 saturated heterocycles. The van der Waals surface area contributed by atoms with E-state index in [2.05, 4.69) is 15.5 Å². The summed E-state index contributed by atoms with van der Waals surface area (Å²) in [5, 5.41) is 19.4. The topological polar surface area (TPSA) is 75.1 Å². The Kier molecular flexibility index (Phi) is 2.73. The zero-order chi connectivity index (χ0) is 10.8. The van der Waals surface area contributed by atoms with Gasteiger partial charge in [0, 0.05) is 6.04 Å². The van der Waals surface area contributed by atoms with Crippen molar-refractivity contribution in [2.75, 3.05) is 5.32 Å². The van der Waals surface area contributed by atoms with Crippen LogP contribution in [-0.4, -0.2) is 27.3 Å². The van der Waals surface area contributed by atoms with Crippen molar-refractivity contribution < 1.29 is 9.90 Å². The minimum absolute atomic E-state index is 0.0712. The fourth-order valence-corrected chi connectivity index (χ4v) is 1.53. The average Bonchev–Trinajstić information content (AvgIpc) is 2.12. The summed E-state index contributed by atoms with van der Waals surface area (Å²) in [6.45, 7) is 0. The Morgan fingerprint density at radius 2 is 2.27 bits per heavy atom. The average molecular weight is 228 g/mol. The molecule has 0 atom stereocenters. The van der Waals surface area contributed by atoms with E-state index in [1.165, 1.54) is 12.5 Å². The van der Waals surface area contributed by atoms with Gasteiger partial charge in [-0.3, -0.25) is 0 Å². The molecule has 1 fully saturated rings. The first-order chi connectivity index (χ1) is 7.16. The Hall–Kier alpha value is -1.36. The maximum Gasteiger partial charge on any atom is 0.339 e. The molecule has 0 unspecified atom stereocenters. The van der Waals surface area contributed by atoms with Crippen molar-refractivity contribution in [2.45, 2.75) is 25.3 Å². The quantitative estimate of drug-likeness (QED) is 0.824. The highest BCUT2D eigenvalue weighted by atomic mass is 35.5. The first-order valence-corrected chi connectivity index (χ1v) is 5.07. The van der Waals surface area contributed by atoms with Gasteiger partial charge in [0.05, 0.1) is 0 Å². The van der Waals surface area contributed by atoms with Crippen molar-refractivity contribution in [3.8, 4) is 0 Å². The zero-order valence-electron chi connectivity index (χ0n) is 7.90. The molecule has 0 aromatic carbocycles. The van der Waals surface area contributed by atoms with E-state index in [0.29, 0.717) is 11.9 Å². The molecule has 5 nitrogen and oxygen atoms in total. The van der Waals surface area contributed by atoms with E-state index in [1.807, 2.05) is 0 Å². The molecule has 1 saturated carbocycles. The highest BCUT2D eigenvalue weighted by Gasteiger charge is 2.21. The molecule has 15 heavy (non-hydrogen) atoms. The van der Waals surface area contributed by atoms with Gasteiger partial charge < -0.3 is 10.4 Å². The maximum atomic E-state index is 10.9. The highest BCUT2D eigenvalue weighted by molar-refractivity contribution is 6.29. The molecule has 0 bridgehead atoms. The van der Waals surface area contributed by atoms with Gasteiger partial charge in [-0.25, -0.2) is 4.79 Å².